The number of ether oxygens (including phenoxy) is 1. The summed E-state index contributed by atoms with van der Waals surface area (Å²) in [6, 6.07) is 3.64. The highest BCUT2D eigenvalue weighted by molar-refractivity contribution is 6.00. The second-order valence-electron chi connectivity index (χ2n) is 6.78. The first-order chi connectivity index (χ1) is 15.3. The molecule has 0 N–H and O–H groups in total. The second-order valence-corrected chi connectivity index (χ2v) is 6.78. The average Bonchev–Trinajstić information content (AvgIpc) is 3.08. The molecule has 0 aliphatic heterocycles. The molecular formula is C21H12F7N3O2. The Labute approximate surface area is 181 Å². The Balaban J connectivity index is 2.19. The topological polar surface area (TPSA) is 67.9 Å². The van der Waals surface area contributed by atoms with E-state index in [1.807, 2.05) is 0 Å². The van der Waals surface area contributed by atoms with E-state index in [2.05, 4.69) is 9.72 Å². The van der Waals surface area contributed by atoms with Crippen LogP contribution in [0.15, 0.2) is 42.2 Å². The predicted octanol–water partition coefficient (Wildman–Crippen LogP) is 5.34. The van der Waals surface area contributed by atoms with Crippen LogP contribution in [-0.2, 0) is 28.4 Å². The second kappa shape index (κ2) is 8.57. The number of hydrogen-bond acceptors (Lipinski definition) is 4. The highest BCUT2D eigenvalue weighted by Crippen LogP contribution is 2.37. The van der Waals surface area contributed by atoms with E-state index in [1.54, 1.807) is 6.07 Å². The Hall–Kier alpha value is -3.88. The van der Waals surface area contributed by atoms with Gasteiger partial charge in [0.1, 0.15) is 23.1 Å². The zero-order chi connectivity index (χ0) is 24.6. The van der Waals surface area contributed by atoms with Crippen LogP contribution in [0, 0.1) is 17.1 Å². The summed E-state index contributed by atoms with van der Waals surface area (Å²) in [5.74, 6) is -1.84. The SMILES string of the molecule is COC(=O)/C(C#N)=C/c1cn(Cc2cc(C(F)(F)F)cc(C(F)(F)F)c2)c2nccc(F)c12. The molecule has 0 saturated heterocycles. The number of benzene rings is 1. The van der Waals surface area contributed by atoms with E-state index >= 15 is 0 Å². The van der Waals surface area contributed by atoms with Crippen molar-refractivity contribution in [1.82, 2.24) is 9.55 Å². The van der Waals surface area contributed by atoms with E-state index in [-0.39, 0.29) is 28.2 Å². The molecule has 33 heavy (non-hydrogen) atoms. The first-order valence-electron chi connectivity index (χ1n) is 8.97. The van der Waals surface area contributed by atoms with E-state index in [4.69, 9.17) is 5.26 Å². The summed E-state index contributed by atoms with van der Waals surface area (Å²) >= 11 is 0. The van der Waals surface area contributed by atoms with Crippen LogP contribution in [-0.4, -0.2) is 22.6 Å². The van der Waals surface area contributed by atoms with Gasteiger partial charge in [-0.25, -0.2) is 14.2 Å². The van der Waals surface area contributed by atoms with Crippen molar-refractivity contribution in [2.75, 3.05) is 7.11 Å². The van der Waals surface area contributed by atoms with Gasteiger partial charge in [-0.05, 0) is 35.9 Å². The zero-order valence-corrected chi connectivity index (χ0v) is 16.6. The summed E-state index contributed by atoms with van der Waals surface area (Å²) in [7, 11) is 1.02. The molecule has 0 atom stereocenters. The van der Waals surface area contributed by atoms with Crippen molar-refractivity contribution < 1.29 is 40.3 Å². The molecule has 12 heteroatoms. The summed E-state index contributed by atoms with van der Waals surface area (Å²) in [6.07, 6.45) is -6.86. The van der Waals surface area contributed by atoms with Crippen LogP contribution < -0.4 is 0 Å². The largest absolute Gasteiger partial charge is 0.465 e. The molecule has 0 amide bonds. The maximum absolute atomic E-state index is 14.5. The number of nitriles is 1. The molecule has 0 radical (unpaired) electrons. The van der Waals surface area contributed by atoms with Crippen LogP contribution in [0.3, 0.4) is 0 Å². The van der Waals surface area contributed by atoms with Crippen molar-refractivity contribution >= 4 is 23.1 Å². The number of fused-ring (bicyclic) bond motifs is 1. The van der Waals surface area contributed by atoms with Crippen molar-refractivity contribution in [3.63, 3.8) is 0 Å². The van der Waals surface area contributed by atoms with Gasteiger partial charge in [0.15, 0.2) is 0 Å². The molecule has 172 valence electrons. The number of halogens is 7. The lowest BCUT2D eigenvalue weighted by Gasteiger charge is -2.15. The number of nitrogens with zero attached hydrogens (tertiary/aromatic N) is 3. The molecule has 2 heterocycles. The lowest BCUT2D eigenvalue weighted by molar-refractivity contribution is -0.143. The Kier molecular flexibility index (Phi) is 6.18. The minimum absolute atomic E-state index is 0.00108. The van der Waals surface area contributed by atoms with E-state index in [0.29, 0.717) is 12.1 Å². The molecule has 1 aromatic carbocycles. The molecule has 2 aromatic heterocycles. The van der Waals surface area contributed by atoms with Gasteiger partial charge in [-0.2, -0.15) is 31.6 Å². The van der Waals surface area contributed by atoms with Crippen LogP contribution in [0.2, 0.25) is 0 Å². The Morgan fingerprint density at radius 3 is 2.27 bits per heavy atom. The maximum Gasteiger partial charge on any atom is 0.416 e. The third-order valence-electron chi connectivity index (χ3n) is 4.56. The number of carbonyl (C=O) groups excluding carboxylic acids is 1. The standard InChI is InChI=1S/C21H12F7N3O2/c1-33-19(32)12(8-29)6-13-10-31(18-17(13)16(22)2-3-30-18)9-11-4-14(20(23,24)25)7-15(5-11)21(26,27)28/h2-7,10H,9H2,1H3/b12-6+. The summed E-state index contributed by atoms with van der Waals surface area (Å²) in [5, 5.41) is 8.95. The average molecular weight is 471 g/mol. The number of alkyl halides is 6. The van der Waals surface area contributed by atoms with Gasteiger partial charge in [0.2, 0.25) is 0 Å². The highest BCUT2D eigenvalue weighted by Gasteiger charge is 2.37. The molecule has 0 bridgehead atoms. The van der Waals surface area contributed by atoms with Crippen molar-refractivity contribution in [3.8, 4) is 6.07 Å². The minimum Gasteiger partial charge on any atom is -0.465 e. The lowest BCUT2D eigenvalue weighted by Crippen LogP contribution is -2.12. The number of aromatic nitrogens is 2. The monoisotopic (exact) mass is 471 g/mol. The van der Waals surface area contributed by atoms with E-state index in [0.717, 1.165) is 36.2 Å². The van der Waals surface area contributed by atoms with E-state index in [1.165, 1.54) is 0 Å². The van der Waals surface area contributed by atoms with Crippen LogP contribution in [0.4, 0.5) is 30.7 Å². The minimum atomic E-state index is -5.03. The van der Waals surface area contributed by atoms with Gasteiger partial charge in [-0.15, -0.1) is 0 Å². The summed E-state index contributed by atoms with van der Waals surface area (Å²) in [6.45, 7) is -0.534. The number of methoxy groups -OCH3 is 1. The smallest absolute Gasteiger partial charge is 0.416 e. The Morgan fingerprint density at radius 2 is 1.76 bits per heavy atom. The van der Waals surface area contributed by atoms with Crippen molar-refractivity contribution in [1.29, 1.82) is 5.26 Å². The first-order valence-corrected chi connectivity index (χ1v) is 8.97. The number of rotatable bonds is 4. The first kappa shape index (κ1) is 23.8. The van der Waals surface area contributed by atoms with Gasteiger partial charge in [-0.1, -0.05) is 0 Å². The number of esters is 1. The van der Waals surface area contributed by atoms with Gasteiger partial charge in [-0.3, -0.25) is 0 Å². The summed E-state index contributed by atoms with van der Waals surface area (Å²) in [5.41, 5.74) is -4.03. The van der Waals surface area contributed by atoms with Crippen LogP contribution in [0.5, 0.6) is 0 Å². The fourth-order valence-electron chi connectivity index (χ4n) is 3.15. The number of carbonyl (C=O) groups is 1. The van der Waals surface area contributed by atoms with E-state index in [9.17, 15) is 35.5 Å². The molecule has 3 rings (SSSR count). The lowest BCUT2D eigenvalue weighted by atomic mass is 10.0. The van der Waals surface area contributed by atoms with Gasteiger partial charge in [0.05, 0.1) is 23.6 Å². The van der Waals surface area contributed by atoms with Crippen LogP contribution in [0.1, 0.15) is 22.3 Å². The van der Waals surface area contributed by atoms with E-state index < -0.39 is 47.4 Å². The number of pyridine rings is 1. The molecule has 0 aliphatic carbocycles. The van der Waals surface area contributed by atoms with Crippen molar-refractivity contribution in [2.45, 2.75) is 18.9 Å². The summed E-state index contributed by atoms with van der Waals surface area (Å²) < 4.78 is 99.0. The molecule has 0 aliphatic rings. The zero-order valence-electron chi connectivity index (χ0n) is 16.6. The molecule has 5 nitrogen and oxygen atoms in total. The Morgan fingerprint density at radius 1 is 1.15 bits per heavy atom. The number of hydrogen-bond donors (Lipinski definition) is 0. The summed E-state index contributed by atoms with van der Waals surface area (Å²) in [4.78, 5) is 15.6. The van der Waals surface area contributed by atoms with Gasteiger partial charge in [0, 0.05) is 24.5 Å². The maximum atomic E-state index is 14.5. The van der Waals surface area contributed by atoms with Gasteiger partial charge >= 0.3 is 18.3 Å². The predicted molar refractivity (Wildman–Crippen MR) is 101 cm³/mol. The normalized spacial score (nSPS) is 12.6. The molecule has 0 fully saturated rings. The molecule has 0 unspecified atom stereocenters. The Bertz CT molecular complexity index is 1270. The third-order valence-corrected chi connectivity index (χ3v) is 4.56. The fourth-order valence-corrected chi connectivity index (χ4v) is 3.15. The van der Waals surface area contributed by atoms with Gasteiger partial charge in [0.25, 0.3) is 0 Å². The molecule has 0 spiro atoms. The molecule has 0 saturated carbocycles. The van der Waals surface area contributed by atoms with Gasteiger partial charge < -0.3 is 9.30 Å². The molecular weight excluding hydrogens is 459 g/mol. The van der Waals surface area contributed by atoms with Crippen molar-refractivity contribution in [2.24, 2.45) is 0 Å². The van der Waals surface area contributed by atoms with Crippen LogP contribution in [0.25, 0.3) is 17.1 Å². The quantitative estimate of drug-likeness (QED) is 0.223. The third kappa shape index (κ3) is 4.97. The fraction of sp³-hybridized carbons (Fsp3) is 0.190. The van der Waals surface area contributed by atoms with Crippen molar-refractivity contribution in [3.05, 3.63) is 70.3 Å². The molecule has 3 aromatic rings. The van der Waals surface area contributed by atoms with Crippen LogP contribution >= 0.6 is 0 Å². The highest BCUT2D eigenvalue weighted by atomic mass is 19.4.